The van der Waals surface area contributed by atoms with Crippen LogP contribution < -0.4 is 21.4 Å². The topological polar surface area (TPSA) is 106 Å². The zero-order valence-corrected chi connectivity index (χ0v) is 17.2. The number of nitrogens with zero attached hydrogens (tertiary/aromatic N) is 4. The van der Waals surface area contributed by atoms with Crippen molar-refractivity contribution in [3.63, 3.8) is 0 Å². The molecule has 4 aromatic rings. The van der Waals surface area contributed by atoms with E-state index in [1.54, 1.807) is 24.9 Å². The number of imidazole rings is 1. The first-order valence-corrected chi connectivity index (χ1v) is 9.73. The number of anilines is 1. The van der Waals surface area contributed by atoms with Crippen LogP contribution in [0.15, 0.2) is 69.3 Å². The van der Waals surface area contributed by atoms with Crippen LogP contribution in [0.1, 0.15) is 11.1 Å². The standard InChI is InChI=1S/C22H22N6O3/c1-27-19-18(20(29)25-22(27)30)28(13-12-15-6-4-3-5-7-15)21(24-19)26-23-14-16-8-10-17(31-2)11-9-16/h3-11,14H,12-13H2,1-2H3,(H,24,26)(H,25,29,30)/b23-14+. The highest BCUT2D eigenvalue weighted by atomic mass is 16.5. The molecule has 0 fully saturated rings. The van der Waals surface area contributed by atoms with Gasteiger partial charge in [0.2, 0.25) is 5.95 Å². The maximum atomic E-state index is 12.5. The lowest BCUT2D eigenvalue weighted by molar-refractivity contribution is 0.415. The number of ether oxygens (including phenoxy) is 1. The summed E-state index contributed by atoms with van der Waals surface area (Å²) in [5.74, 6) is 1.13. The average Bonchev–Trinajstić information content (AvgIpc) is 3.16. The molecular weight excluding hydrogens is 396 g/mol. The van der Waals surface area contributed by atoms with E-state index >= 15 is 0 Å². The van der Waals surface area contributed by atoms with E-state index in [9.17, 15) is 9.59 Å². The largest absolute Gasteiger partial charge is 0.497 e. The van der Waals surface area contributed by atoms with Crippen LogP contribution in [0.3, 0.4) is 0 Å². The van der Waals surface area contributed by atoms with Gasteiger partial charge in [-0.05, 0) is 41.8 Å². The van der Waals surface area contributed by atoms with E-state index in [-0.39, 0.29) is 0 Å². The number of aromatic amines is 1. The third-order valence-electron chi connectivity index (χ3n) is 4.97. The van der Waals surface area contributed by atoms with Gasteiger partial charge in [0.05, 0.1) is 13.3 Å². The lowest BCUT2D eigenvalue weighted by Crippen LogP contribution is -2.29. The van der Waals surface area contributed by atoms with E-state index in [1.807, 2.05) is 54.6 Å². The van der Waals surface area contributed by atoms with Crippen molar-refractivity contribution in [2.45, 2.75) is 13.0 Å². The normalized spacial score (nSPS) is 11.3. The first-order valence-electron chi connectivity index (χ1n) is 9.73. The summed E-state index contributed by atoms with van der Waals surface area (Å²) in [7, 11) is 3.18. The molecule has 9 heteroatoms. The molecule has 0 aliphatic heterocycles. The molecule has 0 bridgehead atoms. The molecule has 0 aliphatic rings. The van der Waals surface area contributed by atoms with Crippen molar-refractivity contribution in [3.8, 4) is 5.75 Å². The maximum Gasteiger partial charge on any atom is 0.329 e. The van der Waals surface area contributed by atoms with Crippen LogP contribution in [0, 0.1) is 0 Å². The average molecular weight is 418 g/mol. The molecule has 4 rings (SSSR count). The number of aryl methyl sites for hydroxylation is 3. The van der Waals surface area contributed by atoms with Crippen LogP contribution in [0.25, 0.3) is 11.2 Å². The Kier molecular flexibility index (Phi) is 5.65. The minimum atomic E-state index is -0.515. The molecule has 31 heavy (non-hydrogen) atoms. The fraction of sp³-hybridized carbons (Fsp3) is 0.182. The van der Waals surface area contributed by atoms with Crippen molar-refractivity contribution in [2.24, 2.45) is 12.1 Å². The fourth-order valence-electron chi connectivity index (χ4n) is 3.28. The van der Waals surface area contributed by atoms with Crippen LogP contribution in [-0.2, 0) is 20.0 Å². The van der Waals surface area contributed by atoms with Crippen LogP contribution >= 0.6 is 0 Å². The first-order chi connectivity index (χ1) is 15.1. The minimum absolute atomic E-state index is 0.295. The molecule has 9 nitrogen and oxygen atoms in total. The van der Waals surface area contributed by atoms with Gasteiger partial charge in [0, 0.05) is 13.6 Å². The number of aromatic nitrogens is 4. The number of methoxy groups -OCH3 is 1. The Morgan fingerprint density at radius 3 is 2.58 bits per heavy atom. The number of benzene rings is 2. The summed E-state index contributed by atoms with van der Waals surface area (Å²) in [4.78, 5) is 31.4. The van der Waals surface area contributed by atoms with Gasteiger partial charge in [-0.3, -0.25) is 14.3 Å². The highest BCUT2D eigenvalue weighted by molar-refractivity contribution is 5.80. The number of fused-ring (bicyclic) bond motifs is 1. The fourth-order valence-corrected chi connectivity index (χ4v) is 3.28. The monoisotopic (exact) mass is 418 g/mol. The second-order valence-electron chi connectivity index (χ2n) is 6.96. The summed E-state index contributed by atoms with van der Waals surface area (Å²) in [5.41, 5.74) is 4.52. The lowest BCUT2D eigenvalue weighted by atomic mass is 10.1. The Labute approximate surface area is 177 Å². The van der Waals surface area contributed by atoms with Gasteiger partial charge in [0.15, 0.2) is 11.2 Å². The van der Waals surface area contributed by atoms with Crippen molar-refractivity contribution >= 4 is 23.3 Å². The zero-order chi connectivity index (χ0) is 21.8. The van der Waals surface area contributed by atoms with Crippen LogP contribution in [0.4, 0.5) is 5.95 Å². The molecule has 0 amide bonds. The second-order valence-corrected chi connectivity index (χ2v) is 6.96. The number of H-pyrrole nitrogens is 1. The molecular formula is C22H22N6O3. The Bertz CT molecular complexity index is 1330. The van der Waals surface area contributed by atoms with Crippen molar-refractivity contribution in [1.29, 1.82) is 0 Å². The molecule has 0 atom stereocenters. The van der Waals surface area contributed by atoms with E-state index in [2.05, 4.69) is 20.5 Å². The molecule has 0 spiro atoms. The van der Waals surface area contributed by atoms with Crippen LogP contribution in [-0.4, -0.2) is 32.4 Å². The summed E-state index contributed by atoms with van der Waals surface area (Å²) in [6.07, 6.45) is 2.33. The molecule has 2 N–H and O–H groups in total. The van der Waals surface area contributed by atoms with Crippen molar-refractivity contribution < 1.29 is 4.74 Å². The summed E-state index contributed by atoms with van der Waals surface area (Å²) in [6.45, 7) is 0.488. The molecule has 0 radical (unpaired) electrons. The molecule has 0 saturated carbocycles. The van der Waals surface area contributed by atoms with Crippen LogP contribution in [0.5, 0.6) is 5.75 Å². The van der Waals surface area contributed by atoms with Crippen LogP contribution in [0.2, 0.25) is 0 Å². The summed E-state index contributed by atoms with van der Waals surface area (Å²) in [5, 5.41) is 4.26. The van der Waals surface area contributed by atoms with Gasteiger partial charge in [0.1, 0.15) is 5.75 Å². The quantitative estimate of drug-likeness (QED) is 0.353. The Balaban J connectivity index is 1.67. The summed E-state index contributed by atoms with van der Waals surface area (Å²) in [6, 6.07) is 17.4. The Hall–Kier alpha value is -4.14. The van der Waals surface area contributed by atoms with E-state index in [4.69, 9.17) is 4.74 Å². The smallest absolute Gasteiger partial charge is 0.329 e. The van der Waals surface area contributed by atoms with Gasteiger partial charge < -0.3 is 9.30 Å². The predicted octanol–water partition coefficient (Wildman–Crippen LogP) is 2.12. The molecule has 0 aliphatic carbocycles. The number of hydrogen-bond donors (Lipinski definition) is 2. The SMILES string of the molecule is COc1ccc(/C=N/Nc2nc3c(c(=O)[nH]c(=O)n3C)n2CCc2ccccc2)cc1. The van der Waals surface area contributed by atoms with E-state index in [0.717, 1.165) is 16.9 Å². The van der Waals surface area contributed by atoms with Gasteiger partial charge in [-0.2, -0.15) is 10.1 Å². The molecule has 2 aromatic carbocycles. The number of nitrogens with one attached hydrogen (secondary N) is 2. The Morgan fingerprint density at radius 1 is 1.13 bits per heavy atom. The van der Waals surface area contributed by atoms with Gasteiger partial charge in [-0.15, -0.1) is 0 Å². The predicted molar refractivity (Wildman–Crippen MR) is 120 cm³/mol. The highest BCUT2D eigenvalue weighted by Crippen LogP contribution is 2.17. The third kappa shape index (κ3) is 4.25. The maximum absolute atomic E-state index is 12.5. The molecule has 158 valence electrons. The van der Waals surface area contributed by atoms with Crippen molar-refractivity contribution in [3.05, 3.63) is 86.6 Å². The minimum Gasteiger partial charge on any atom is -0.497 e. The van der Waals surface area contributed by atoms with Gasteiger partial charge in [-0.1, -0.05) is 30.3 Å². The molecule has 0 saturated heterocycles. The number of hydrazone groups is 1. The van der Waals surface area contributed by atoms with E-state index in [0.29, 0.717) is 30.1 Å². The van der Waals surface area contributed by atoms with Gasteiger partial charge in [0.25, 0.3) is 5.56 Å². The first kappa shape index (κ1) is 20.1. The third-order valence-corrected chi connectivity index (χ3v) is 4.97. The van der Waals surface area contributed by atoms with E-state index < -0.39 is 11.2 Å². The van der Waals surface area contributed by atoms with Crippen molar-refractivity contribution in [2.75, 3.05) is 12.5 Å². The molecule has 0 unspecified atom stereocenters. The number of rotatable bonds is 7. The number of hydrogen-bond acceptors (Lipinski definition) is 6. The second kappa shape index (κ2) is 8.70. The molecule has 2 aromatic heterocycles. The zero-order valence-electron chi connectivity index (χ0n) is 17.2. The van der Waals surface area contributed by atoms with Gasteiger partial charge >= 0.3 is 5.69 Å². The van der Waals surface area contributed by atoms with Gasteiger partial charge in [-0.25, -0.2) is 10.2 Å². The van der Waals surface area contributed by atoms with Crippen molar-refractivity contribution in [1.82, 2.24) is 19.1 Å². The highest BCUT2D eigenvalue weighted by Gasteiger charge is 2.17. The summed E-state index contributed by atoms with van der Waals surface area (Å²) < 4.78 is 8.21. The summed E-state index contributed by atoms with van der Waals surface area (Å²) >= 11 is 0. The Morgan fingerprint density at radius 2 is 1.87 bits per heavy atom. The van der Waals surface area contributed by atoms with E-state index in [1.165, 1.54) is 4.57 Å². The molecule has 2 heterocycles. The lowest BCUT2D eigenvalue weighted by Gasteiger charge is -2.08.